The molecule has 1 saturated carbocycles. The van der Waals surface area contributed by atoms with Crippen LogP contribution in [0.25, 0.3) is 0 Å². The number of hydrogen-bond donors (Lipinski definition) is 0. The van der Waals surface area contributed by atoms with Gasteiger partial charge in [-0.1, -0.05) is 31.4 Å². The van der Waals surface area contributed by atoms with Gasteiger partial charge in [-0.3, -0.25) is 0 Å². The molecule has 0 heterocycles. The van der Waals surface area contributed by atoms with Crippen LogP contribution in [0.1, 0.15) is 43.6 Å². The number of rotatable bonds is 2. The lowest BCUT2D eigenvalue weighted by atomic mass is 9.91. The van der Waals surface area contributed by atoms with Gasteiger partial charge in [-0.2, -0.15) is 0 Å². The predicted octanol–water partition coefficient (Wildman–Crippen LogP) is 4.49. The van der Waals surface area contributed by atoms with Crippen molar-refractivity contribution < 1.29 is 9.13 Å². The van der Waals surface area contributed by atoms with E-state index in [0.717, 1.165) is 25.7 Å². The molecule has 1 aromatic rings. The Balaban J connectivity index is 2.31. The van der Waals surface area contributed by atoms with Crippen LogP contribution in [-0.4, -0.2) is 12.5 Å². The van der Waals surface area contributed by atoms with Gasteiger partial charge >= 0.3 is 0 Å². The lowest BCUT2D eigenvalue weighted by Crippen LogP contribution is -2.13. The summed E-state index contributed by atoms with van der Waals surface area (Å²) in [6.07, 6.45) is 5.42. The van der Waals surface area contributed by atoms with Crippen molar-refractivity contribution in [3.8, 4) is 5.75 Å². The van der Waals surface area contributed by atoms with Crippen molar-refractivity contribution in [3.63, 3.8) is 0 Å². The fraction of sp³-hybridized carbons (Fsp3) is 0.571. The third kappa shape index (κ3) is 2.74. The average molecular weight is 257 g/mol. The third-order valence-electron chi connectivity index (χ3n) is 3.54. The standard InChI is InChI=1S/C14H18ClFO/c1-17-13-9-5-7-11(14(13)16)10-6-3-2-4-8-12(10)15/h5,7,9-10,12H,2-4,6,8H2,1H3. The number of ether oxygens (including phenoxy) is 1. The van der Waals surface area contributed by atoms with E-state index in [1.54, 1.807) is 6.07 Å². The van der Waals surface area contributed by atoms with Crippen LogP contribution in [-0.2, 0) is 0 Å². The molecule has 0 aromatic heterocycles. The number of methoxy groups -OCH3 is 1. The van der Waals surface area contributed by atoms with Crippen LogP contribution in [0.15, 0.2) is 18.2 Å². The minimum absolute atomic E-state index is 0.0408. The van der Waals surface area contributed by atoms with Crippen molar-refractivity contribution in [1.29, 1.82) is 0 Å². The second kappa shape index (κ2) is 5.72. The Morgan fingerprint density at radius 1 is 1.24 bits per heavy atom. The lowest BCUT2D eigenvalue weighted by Gasteiger charge is -2.21. The summed E-state index contributed by atoms with van der Waals surface area (Å²) < 4.78 is 19.2. The zero-order valence-electron chi connectivity index (χ0n) is 10.1. The molecule has 3 heteroatoms. The van der Waals surface area contributed by atoms with Crippen molar-refractivity contribution >= 4 is 11.6 Å². The number of halogens is 2. The Morgan fingerprint density at radius 2 is 2.00 bits per heavy atom. The second-order valence-corrected chi connectivity index (χ2v) is 5.18. The molecular formula is C14H18ClFO. The molecule has 0 bridgehead atoms. The monoisotopic (exact) mass is 256 g/mol. The molecular weight excluding hydrogens is 239 g/mol. The van der Waals surface area contributed by atoms with Gasteiger partial charge in [-0.25, -0.2) is 4.39 Å². The van der Waals surface area contributed by atoms with Gasteiger partial charge in [-0.15, -0.1) is 11.6 Å². The fourth-order valence-electron chi connectivity index (χ4n) is 2.58. The first-order valence-electron chi connectivity index (χ1n) is 6.20. The van der Waals surface area contributed by atoms with E-state index in [0.29, 0.717) is 11.3 Å². The third-order valence-corrected chi connectivity index (χ3v) is 4.07. The van der Waals surface area contributed by atoms with Crippen LogP contribution in [0.5, 0.6) is 5.75 Å². The quantitative estimate of drug-likeness (QED) is 0.560. The van der Waals surface area contributed by atoms with Crippen molar-refractivity contribution in [1.82, 2.24) is 0 Å². The molecule has 2 rings (SSSR count). The summed E-state index contributed by atoms with van der Waals surface area (Å²) in [6, 6.07) is 5.33. The highest BCUT2D eigenvalue weighted by molar-refractivity contribution is 6.21. The summed E-state index contributed by atoms with van der Waals surface area (Å²) in [6.45, 7) is 0. The molecule has 2 atom stereocenters. The predicted molar refractivity (Wildman–Crippen MR) is 68.4 cm³/mol. The van der Waals surface area contributed by atoms with Gasteiger partial charge in [0.05, 0.1) is 7.11 Å². The van der Waals surface area contributed by atoms with E-state index in [4.69, 9.17) is 16.3 Å². The van der Waals surface area contributed by atoms with Gasteiger partial charge in [-0.05, 0) is 24.5 Å². The van der Waals surface area contributed by atoms with Crippen molar-refractivity contribution in [3.05, 3.63) is 29.6 Å². The maximum atomic E-state index is 14.2. The second-order valence-electron chi connectivity index (χ2n) is 4.62. The zero-order valence-corrected chi connectivity index (χ0v) is 10.8. The first-order valence-corrected chi connectivity index (χ1v) is 6.64. The fourth-order valence-corrected chi connectivity index (χ4v) is 3.00. The molecule has 1 nitrogen and oxygen atoms in total. The van der Waals surface area contributed by atoms with Crippen molar-refractivity contribution in [2.75, 3.05) is 7.11 Å². The normalized spacial score (nSPS) is 25.4. The van der Waals surface area contributed by atoms with E-state index in [1.807, 2.05) is 12.1 Å². The summed E-state index contributed by atoms with van der Waals surface area (Å²) in [5, 5.41) is 0.0408. The summed E-state index contributed by atoms with van der Waals surface area (Å²) in [5.41, 5.74) is 0.714. The molecule has 1 aliphatic carbocycles. The minimum atomic E-state index is -0.243. The molecule has 1 aliphatic rings. The molecule has 94 valence electrons. The van der Waals surface area contributed by atoms with Crippen LogP contribution in [0.4, 0.5) is 4.39 Å². The van der Waals surface area contributed by atoms with Gasteiger partial charge in [0, 0.05) is 11.3 Å². The first-order chi connectivity index (χ1) is 8.24. The van der Waals surface area contributed by atoms with Gasteiger partial charge < -0.3 is 4.74 Å². The van der Waals surface area contributed by atoms with Crippen LogP contribution in [0, 0.1) is 5.82 Å². The number of benzene rings is 1. The maximum absolute atomic E-state index is 14.2. The summed E-state index contributed by atoms with van der Waals surface area (Å²) in [4.78, 5) is 0. The van der Waals surface area contributed by atoms with Crippen molar-refractivity contribution in [2.24, 2.45) is 0 Å². The molecule has 0 amide bonds. The first kappa shape index (κ1) is 12.7. The van der Waals surface area contributed by atoms with E-state index in [2.05, 4.69) is 0 Å². The van der Waals surface area contributed by atoms with Crippen LogP contribution >= 0.6 is 11.6 Å². The number of alkyl halides is 1. The zero-order chi connectivity index (χ0) is 12.3. The average Bonchev–Trinajstić information content (AvgIpc) is 2.55. The van der Waals surface area contributed by atoms with Crippen LogP contribution in [0.2, 0.25) is 0 Å². The molecule has 2 unspecified atom stereocenters. The van der Waals surface area contributed by atoms with Gasteiger partial charge in [0.25, 0.3) is 0 Å². The van der Waals surface area contributed by atoms with E-state index < -0.39 is 0 Å². The highest BCUT2D eigenvalue weighted by Gasteiger charge is 2.26. The molecule has 0 radical (unpaired) electrons. The Hall–Kier alpha value is -0.760. The number of hydrogen-bond acceptors (Lipinski definition) is 1. The van der Waals surface area contributed by atoms with Crippen LogP contribution in [0.3, 0.4) is 0 Å². The Labute approximate surface area is 107 Å². The highest BCUT2D eigenvalue weighted by atomic mass is 35.5. The molecule has 0 N–H and O–H groups in total. The Kier molecular flexibility index (Phi) is 4.27. The molecule has 1 aromatic carbocycles. The summed E-state index contributed by atoms with van der Waals surface area (Å²) in [5.74, 6) is 0.192. The topological polar surface area (TPSA) is 9.23 Å². The SMILES string of the molecule is COc1cccc(C2CCCCCC2Cl)c1F. The highest BCUT2D eigenvalue weighted by Crippen LogP contribution is 2.38. The largest absolute Gasteiger partial charge is 0.494 e. The van der Waals surface area contributed by atoms with Gasteiger partial charge in [0.2, 0.25) is 0 Å². The van der Waals surface area contributed by atoms with Gasteiger partial charge in [0.15, 0.2) is 11.6 Å². The van der Waals surface area contributed by atoms with Crippen molar-refractivity contribution in [2.45, 2.75) is 43.4 Å². The van der Waals surface area contributed by atoms with Crippen LogP contribution < -0.4 is 4.74 Å². The lowest BCUT2D eigenvalue weighted by molar-refractivity contribution is 0.381. The smallest absolute Gasteiger partial charge is 0.168 e. The van der Waals surface area contributed by atoms with Gasteiger partial charge in [0.1, 0.15) is 0 Å². The minimum Gasteiger partial charge on any atom is -0.494 e. The maximum Gasteiger partial charge on any atom is 0.168 e. The van der Waals surface area contributed by atoms with E-state index >= 15 is 0 Å². The molecule has 17 heavy (non-hydrogen) atoms. The molecule has 0 aliphatic heterocycles. The molecule has 1 fully saturated rings. The Morgan fingerprint density at radius 3 is 2.76 bits per heavy atom. The van der Waals surface area contributed by atoms with E-state index in [1.165, 1.54) is 13.5 Å². The van der Waals surface area contributed by atoms with E-state index in [9.17, 15) is 4.39 Å². The summed E-state index contributed by atoms with van der Waals surface area (Å²) >= 11 is 6.38. The Bertz CT molecular complexity index is 380. The molecule has 0 saturated heterocycles. The van der Waals surface area contributed by atoms with E-state index in [-0.39, 0.29) is 17.1 Å². The molecule has 0 spiro atoms. The summed E-state index contributed by atoms with van der Waals surface area (Å²) in [7, 11) is 1.49.